The molecule has 0 aliphatic rings. The third kappa shape index (κ3) is 2.11. The van der Waals surface area contributed by atoms with E-state index < -0.39 is 8.07 Å². The summed E-state index contributed by atoms with van der Waals surface area (Å²) in [6.45, 7) is 11.8. The first-order valence-corrected chi connectivity index (χ1v) is 14.3. The van der Waals surface area contributed by atoms with E-state index in [1.54, 1.807) is 0 Å². The number of aromatic nitrogens is 2. The minimum atomic E-state index is -1.47. The van der Waals surface area contributed by atoms with Gasteiger partial charge in [-0.25, -0.2) is 4.57 Å². The van der Waals surface area contributed by atoms with Crippen LogP contribution in [-0.2, 0) is 7.05 Å². The molecule has 0 atom stereocenters. The fourth-order valence-electron chi connectivity index (χ4n) is 5.36. The standard InChI is InChI=1S/C27H27N2Si/c1-16-10-11-21-20-9-7-8-17(2)25(20)29-22-15-19(30(4,5)6)14-18-12-13-28(3)27(24(18)22)23(16)26(21)29/h7-15H,1-6H3/q+1. The van der Waals surface area contributed by atoms with E-state index in [0.717, 1.165) is 0 Å². The first-order chi connectivity index (χ1) is 14.3. The number of pyridine rings is 2. The summed E-state index contributed by atoms with van der Waals surface area (Å²) in [5.74, 6) is 0. The molecule has 0 aliphatic carbocycles. The fourth-order valence-corrected chi connectivity index (χ4v) is 6.52. The van der Waals surface area contributed by atoms with Crippen LogP contribution in [0.1, 0.15) is 11.1 Å². The predicted molar refractivity (Wildman–Crippen MR) is 132 cm³/mol. The lowest BCUT2D eigenvalue weighted by atomic mass is 10.00. The molecule has 2 nitrogen and oxygen atoms in total. The lowest BCUT2D eigenvalue weighted by Crippen LogP contribution is -2.38. The third-order valence-electron chi connectivity index (χ3n) is 6.92. The second-order valence-corrected chi connectivity index (χ2v) is 15.0. The lowest BCUT2D eigenvalue weighted by molar-refractivity contribution is -0.643. The number of hydrogen-bond acceptors (Lipinski definition) is 0. The molecule has 0 aliphatic heterocycles. The van der Waals surface area contributed by atoms with Crippen molar-refractivity contribution in [3.63, 3.8) is 0 Å². The highest BCUT2D eigenvalue weighted by molar-refractivity contribution is 6.89. The summed E-state index contributed by atoms with van der Waals surface area (Å²) in [7, 11) is 0.716. The van der Waals surface area contributed by atoms with Crippen LogP contribution in [0.15, 0.2) is 54.7 Å². The van der Waals surface area contributed by atoms with Gasteiger partial charge in [0.2, 0.25) is 5.52 Å². The van der Waals surface area contributed by atoms with Crippen molar-refractivity contribution in [3.05, 3.63) is 65.9 Å². The van der Waals surface area contributed by atoms with E-state index in [-0.39, 0.29) is 0 Å². The van der Waals surface area contributed by atoms with Crippen LogP contribution < -0.4 is 9.75 Å². The van der Waals surface area contributed by atoms with Crippen LogP contribution in [0.2, 0.25) is 19.6 Å². The Hall–Kier alpha value is -2.91. The zero-order valence-electron chi connectivity index (χ0n) is 18.6. The van der Waals surface area contributed by atoms with Gasteiger partial charge >= 0.3 is 0 Å². The van der Waals surface area contributed by atoms with Crippen molar-refractivity contribution in [2.45, 2.75) is 33.5 Å². The summed E-state index contributed by atoms with van der Waals surface area (Å²) in [4.78, 5) is 0. The highest BCUT2D eigenvalue weighted by atomic mass is 28.3. The van der Waals surface area contributed by atoms with Crippen molar-refractivity contribution < 1.29 is 4.57 Å². The van der Waals surface area contributed by atoms with Crippen LogP contribution in [0.25, 0.3) is 49.0 Å². The molecule has 0 radical (unpaired) electrons. The van der Waals surface area contributed by atoms with E-state index in [9.17, 15) is 0 Å². The molecule has 0 fully saturated rings. The van der Waals surface area contributed by atoms with E-state index in [1.165, 1.54) is 65.3 Å². The van der Waals surface area contributed by atoms with Crippen molar-refractivity contribution in [3.8, 4) is 0 Å². The Bertz CT molecular complexity index is 1650. The summed E-state index contributed by atoms with van der Waals surface area (Å²) in [5.41, 5.74) is 8.09. The molecule has 0 amide bonds. The molecule has 148 valence electrons. The van der Waals surface area contributed by atoms with E-state index in [0.29, 0.717) is 0 Å². The van der Waals surface area contributed by atoms with Gasteiger partial charge in [0.1, 0.15) is 7.05 Å². The molecule has 0 unspecified atom stereocenters. The zero-order chi connectivity index (χ0) is 20.9. The summed E-state index contributed by atoms with van der Waals surface area (Å²) in [6, 6.07) is 18.6. The summed E-state index contributed by atoms with van der Waals surface area (Å²) in [5, 5.41) is 8.35. The van der Waals surface area contributed by atoms with Gasteiger partial charge in [0.25, 0.3) is 0 Å². The first-order valence-electron chi connectivity index (χ1n) is 10.8. The van der Waals surface area contributed by atoms with Crippen LogP contribution in [0.3, 0.4) is 0 Å². The second-order valence-electron chi connectivity index (χ2n) is 9.94. The van der Waals surface area contributed by atoms with E-state index in [2.05, 4.69) is 104 Å². The smallest absolute Gasteiger partial charge is 0.224 e. The Labute approximate surface area is 177 Å². The molecule has 0 saturated carbocycles. The monoisotopic (exact) mass is 407 g/mol. The Kier molecular flexibility index (Phi) is 3.35. The number of benzene rings is 3. The maximum Gasteiger partial charge on any atom is 0.224 e. The Morgan fingerprint density at radius 1 is 0.800 bits per heavy atom. The van der Waals surface area contributed by atoms with Crippen molar-refractivity contribution in [1.82, 2.24) is 4.40 Å². The summed E-state index contributed by atoms with van der Waals surface area (Å²) in [6.07, 6.45) is 2.23. The minimum Gasteiger partial charge on any atom is -0.307 e. The van der Waals surface area contributed by atoms with Crippen LogP contribution in [0.4, 0.5) is 0 Å². The van der Waals surface area contributed by atoms with Gasteiger partial charge in [0, 0.05) is 16.8 Å². The molecule has 6 aromatic rings. The van der Waals surface area contributed by atoms with Crippen molar-refractivity contribution in [1.29, 1.82) is 0 Å². The van der Waals surface area contributed by atoms with Crippen molar-refractivity contribution >= 4 is 62.3 Å². The van der Waals surface area contributed by atoms with Gasteiger partial charge in [-0.15, -0.1) is 0 Å². The third-order valence-corrected chi connectivity index (χ3v) is 8.94. The fraction of sp³-hybridized carbons (Fsp3) is 0.222. The molecule has 0 saturated heterocycles. The number of hydrogen-bond donors (Lipinski definition) is 0. The average molecular weight is 408 g/mol. The van der Waals surface area contributed by atoms with Crippen LogP contribution >= 0.6 is 0 Å². The van der Waals surface area contributed by atoms with Gasteiger partial charge in [0.15, 0.2) is 6.20 Å². The number of fused-ring (bicyclic) bond motifs is 5. The lowest BCUT2D eigenvalue weighted by Gasteiger charge is -2.20. The zero-order valence-corrected chi connectivity index (χ0v) is 19.6. The Morgan fingerprint density at radius 3 is 2.33 bits per heavy atom. The quantitative estimate of drug-likeness (QED) is 0.137. The SMILES string of the molecule is Cc1ccc2c3cccc(C)c3n3c4cc([Si](C)(C)C)cc5cc[n+](C)c(c1c23)c54. The van der Waals surface area contributed by atoms with E-state index in [4.69, 9.17) is 0 Å². The molecule has 3 heterocycles. The Balaban J connectivity index is 2.09. The molecule has 30 heavy (non-hydrogen) atoms. The molecule has 0 N–H and O–H groups in total. The maximum atomic E-state index is 2.57. The molecule has 3 aromatic carbocycles. The predicted octanol–water partition coefficient (Wildman–Crippen LogP) is 5.98. The Morgan fingerprint density at radius 2 is 1.57 bits per heavy atom. The first kappa shape index (κ1) is 17.9. The largest absolute Gasteiger partial charge is 0.307 e. The molecule has 6 rings (SSSR count). The van der Waals surface area contributed by atoms with Crippen molar-refractivity contribution in [2.75, 3.05) is 0 Å². The van der Waals surface area contributed by atoms with Gasteiger partial charge in [-0.2, -0.15) is 0 Å². The van der Waals surface area contributed by atoms with E-state index in [1.807, 2.05) is 0 Å². The molecule has 3 aromatic heterocycles. The molecule has 3 heteroatoms. The minimum absolute atomic E-state index is 1.34. The van der Waals surface area contributed by atoms with Crippen molar-refractivity contribution in [2.24, 2.45) is 7.05 Å². The van der Waals surface area contributed by atoms with Crippen LogP contribution in [0, 0.1) is 13.8 Å². The topological polar surface area (TPSA) is 8.29 Å². The van der Waals surface area contributed by atoms with Gasteiger partial charge in [-0.3, -0.25) is 0 Å². The highest BCUT2D eigenvalue weighted by Crippen LogP contribution is 2.41. The van der Waals surface area contributed by atoms with Crippen LogP contribution in [-0.4, -0.2) is 12.5 Å². The number of rotatable bonds is 1. The van der Waals surface area contributed by atoms with Gasteiger partial charge in [-0.1, -0.05) is 61.2 Å². The second kappa shape index (κ2) is 5.61. The van der Waals surface area contributed by atoms with Crippen LogP contribution in [0.5, 0.6) is 0 Å². The van der Waals surface area contributed by atoms with Gasteiger partial charge in [0.05, 0.1) is 35.4 Å². The normalized spacial score (nSPS) is 13.0. The highest BCUT2D eigenvalue weighted by Gasteiger charge is 2.26. The molecule has 0 bridgehead atoms. The number of para-hydroxylation sites is 1. The maximum absolute atomic E-state index is 2.57. The molecular weight excluding hydrogens is 380 g/mol. The molecule has 0 spiro atoms. The number of aryl methyl sites for hydroxylation is 3. The summed E-state index contributed by atoms with van der Waals surface area (Å²) < 4.78 is 4.89. The number of nitrogens with zero attached hydrogens (tertiary/aromatic N) is 2. The molecular formula is C27H27N2Si+. The van der Waals surface area contributed by atoms with E-state index >= 15 is 0 Å². The summed E-state index contributed by atoms with van der Waals surface area (Å²) >= 11 is 0. The van der Waals surface area contributed by atoms with Gasteiger partial charge in [-0.05, 0) is 36.4 Å². The average Bonchev–Trinajstić information content (AvgIpc) is 3.04. The van der Waals surface area contributed by atoms with Gasteiger partial charge < -0.3 is 4.40 Å².